The molecule has 0 aromatic heterocycles. The molecule has 3 nitrogen and oxygen atoms in total. The second kappa shape index (κ2) is 6.72. The lowest BCUT2D eigenvalue weighted by Crippen LogP contribution is -2.52. The Morgan fingerprint density at radius 2 is 1.78 bits per heavy atom. The van der Waals surface area contributed by atoms with Crippen LogP contribution in [0.15, 0.2) is 16.8 Å². The molecule has 4 aliphatic carbocycles. The van der Waals surface area contributed by atoms with Gasteiger partial charge in [-0.25, -0.2) is 0 Å². The maximum atomic E-state index is 6.72. The van der Waals surface area contributed by atoms with Crippen LogP contribution in [0.25, 0.3) is 0 Å². The molecule has 3 fully saturated rings. The molecule has 0 aliphatic heterocycles. The molecule has 5 unspecified atom stereocenters. The van der Waals surface area contributed by atoms with Crippen molar-refractivity contribution < 1.29 is 9.26 Å². The van der Waals surface area contributed by atoms with Gasteiger partial charge in [-0.15, -0.1) is 0 Å². The van der Waals surface area contributed by atoms with Gasteiger partial charge in [-0.1, -0.05) is 24.6 Å². The number of rotatable bonds is 3. The molecule has 0 bridgehead atoms. The highest BCUT2D eigenvalue weighted by Crippen LogP contribution is 2.65. The van der Waals surface area contributed by atoms with Crippen LogP contribution in [0.1, 0.15) is 65.2 Å². The average molecular weight is 390 g/mol. The first kappa shape index (κ1) is 19.7. The Balaban J connectivity index is 1.58. The molecule has 0 aromatic rings. The molecule has 0 saturated heterocycles. The largest absolute Gasteiger partial charge is 0.414 e. The Hall–Kier alpha value is -0.613. The van der Waals surface area contributed by atoms with Gasteiger partial charge in [0.25, 0.3) is 0 Å². The zero-order valence-electron chi connectivity index (χ0n) is 18.3. The number of nitrogens with zero attached hydrogens (tertiary/aromatic N) is 1. The monoisotopic (exact) mass is 389 g/mol. The second-order valence-corrected chi connectivity index (χ2v) is 15.6. The summed E-state index contributed by atoms with van der Waals surface area (Å²) in [4.78, 5) is 5.05. The van der Waals surface area contributed by atoms with E-state index in [4.69, 9.17) is 9.26 Å². The fraction of sp³-hybridized carbons (Fsp3) is 0.870. The Morgan fingerprint density at radius 1 is 1.00 bits per heavy atom. The standard InChI is InChI=1S/C23H39NO2Si/c1-22-13-11-17(24-25-3)15-16(22)7-8-18-19-9-10-21(26-27(4,5)6)23(19,2)14-12-20(18)22/h15,18-21H,7-14H2,1-6H3/t18?,19?,20?,21-,22?,23?/m1/s1. The van der Waals surface area contributed by atoms with Gasteiger partial charge in [0.2, 0.25) is 0 Å². The number of oxime groups is 1. The van der Waals surface area contributed by atoms with Gasteiger partial charge in [-0.05, 0) is 106 Å². The van der Waals surface area contributed by atoms with Crippen LogP contribution in [-0.2, 0) is 9.26 Å². The van der Waals surface area contributed by atoms with Crippen LogP contribution in [0, 0.1) is 28.6 Å². The smallest absolute Gasteiger partial charge is 0.184 e. The third kappa shape index (κ3) is 3.25. The van der Waals surface area contributed by atoms with Crippen LogP contribution in [-0.4, -0.2) is 27.2 Å². The summed E-state index contributed by atoms with van der Waals surface area (Å²) in [5, 5.41) is 4.25. The lowest BCUT2D eigenvalue weighted by Gasteiger charge is -2.58. The summed E-state index contributed by atoms with van der Waals surface area (Å²) in [6, 6.07) is 0. The third-order valence-corrected chi connectivity index (χ3v) is 9.59. The molecular weight excluding hydrogens is 350 g/mol. The average Bonchev–Trinajstić information content (AvgIpc) is 2.90. The van der Waals surface area contributed by atoms with Crippen molar-refractivity contribution in [2.75, 3.05) is 7.11 Å². The zero-order chi connectivity index (χ0) is 19.4. The van der Waals surface area contributed by atoms with E-state index in [1.807, 2.05) is 0 Å². The second-order valence-electron chi connectivity index (χ2n) is 11.1. The summed E-state index contributed by atoms with van der Waals surface area (Å²) in [6.45, 7) is 12.2. The minimum Gasteiger partial charge on any atom is -0.414 e. The van der Waals surface area contributed by atoms with E-state index < -0.39 is 8.32 Å². The highest BCUT2D eigenvalue weighted by molar-refractivity contribution is 6.69. The Bertz CT molecular complexity index is 651. The van der Waals surface area contributed by atoms with Crippen LogP contribution in [0.2, 0.25) is 19.6 Å². The van der Waals surface area contributed by atoms with Crippen LogP contribution >= 0.6 is 0 Å². The van der Waals surface area contributed by atoms with Gasteiger partial charge in [-0.2, -0.15) is 0 Å². The van der Waals surface area contributed by atoms with Gasteiger partial charge in [0.1, 0.15) is 7.11 Å². The maximum absolute atomic E-state index is 6.72. The summed E-state index contributed by atoms with van der Waals surface area (Å²) in [5.41, 5.74) is 3.60. The molecule has 0 radical (unpaired) electrons. The van der Waals surface area contributed by atoms with Crippen molar-refractivity contribution in [3.8, 4) is 0 Å². The van der Waals surface area contributed by atoms with E-state index in [0.717, 1.165) is 29.9 Å². The quantitative estimate of drug-likeness (QED) is 0.427. The molecule has 4 heteroatoms. The fourth-order valence-corrected chi connectivity index (χ4v) is 8.57. The van der Waals surface area contributed by atoms with Crippen molar-refractivity contribution in [1.29, 1.82) is 0 Å². The van der Waals surface area contributed by atoms with Gasteiger partial charge >= 0.3 is 0 Å². The fourth-order valence-electron chi connectivity index (χ4n) is 7.33. The SMILES string of the molecule is CON=C1C=C2CCC3C(CCC4(C)C3CC[C@H]4O[Si](C)(C)C)C2(C)CC1. The Morgan fingerprint density at radius 3 is 2.48 bits per heavy atom. The number of hydrogen-bond acceptors (Lipinski definition) is 3. The maximum Gasteiger partial charge on any atom is 0.184 e. The van der Waals surface area contributed by atoms with Crippen LogP contribution in [0.3, 0.4) is 0 Å². The van der Waals surface area contributed by atoms with Crippen molar-refractivity contribution in [3.63, 3.8) is 0 Å². The van der Waals surface area contributed by atoms with Crippen molar-refractivity contribution in [3.05, 3.63) is 11.6 Å². The molecule has 0 amide bonds. The first-order chi connectivity index (χ1) is 12.7. The topological polar surface area (TPSA) is 30.8 Å². The molecule has 27 heavy (non-hydrogen) atoms. The van der Waals surface area contributed by atoms with Crippen molar-refractivity contribution in [1.82, 2.24) is 0 Å². The van der Waals surface area contributed by atoms with E-state index >= 15 is 0 Å². The van der Waals surface area contributed by atoms with Crippen LogP contribution < -0.4 is 0 Å². The van der Waals surface area contributed by atoms with Crippen LogP contribution in [0.5, 0.6) is 0 Å². The summed E-state index contributed by atoms with van der Waals surface area (Å²) in [7, 11) is 0.182. The molecule has 0 aromatic carbocycles. The zero-order valence-corrected chi connectivity index (χ0v) is 19.3. The van der Waals surface area contributed by atoms with Crippen LogP contribution in [0.4, 0.5) is 0 Å². The van der Waals surface area contributed by atoms with Gasteiger partial charge < -0.3 is 9.26 Å². The van der Waals surface area contributed by atoms with Crippen molar-refractivity contribution >= 4 is 14.0 Å². The van der Waals surface area contributed by atoms with Gasteiger partial charge in [0, 0.05) is 0 Å². The predicted octanol–water partition coefficient (Wildman–Crippen LogP) is 6.17. The van der Waals surface area contributed by atoms with Crippen molar-refractivity contribution in [2.45, 2.75) is 91.0 Å². The first-order valence-corrected chi connectivity index (χ1v) is 14.6. The summed E-state index contributed by atoms with van der Waals surface area (Å²) < 4.78 is 6.72. The molecule has 4 rings (SSSR count). The lowest BCUT2D eigenvalue weighted by atomic mass is 9.47. The Kier molecular flexibility index (Phi) is 4.90. The minimum atomic E-state index is -1.48. The highest BCUT2D eigenvalue weighted by Gasteiger charge is 2.59. The van der Waals surface area contributed by atoms with Gasteiger partial charge in [0.15, 0.2) is 8.32 Å². The number of hydrogen-bond donors (Lipinski definition) is 0. The van der Waals surface area contributed by atoms with Gasteiger partial charge in [0.05, 0.1) is 11.8 Å². The molecule has 6 atom stereocenters. The lowest BCUT2D eigenvalue weighted by molar-refractivity contribution is -0.0675. The van der Waals surface area contributed by atoms with E-state index in [9.17, 15) is 0 Å². The number of allylic oxidation sites excluding steroid dienone is 2. The first-order valence-electron chi connectivity index (χ1n) is 11.2. The predicted molar refractivity (Wildman–Crippen MR) is 114 cm³/mol. The summed E-state index contributed by atoms with van der Waals surface area (Å²) in [5.74, 6) is 2.61. The number of fused-ring (bicyclic) bond motifs is 5. The minimum absolute atomic E-state index is 0.384. The molecule has 0 N–H and O–H groups in total. The third-order valence-electron chi connectivity index (χ3n) is 8.59. The molecular formula is C23H39NO2Si. The molecule has 0 heterocycles. The van der Waals surface area contributed by atoms with E-state index in [-0.39, 0.29) is 0 Å². The summed E-state index contributed by atoms with van der Waals surface area (Å²) in [6.07, 6.45) is 13.2. The molecule has 4 aliphatic rings. The van der Waals surface area contributed by atoms with Gasteiger partial charge in [-0.3, -0.25) is 0 Å². The van der Waals surface area contributed by atoms with E-state index in [1.54, 1.807) is 12.7 Å². The highest BCUT2D eigenvalue weighted by atomic mass is 28.4. The normalized spacial score (nSPS) is 45.7. The van der Waals surface area contributed by atoms with E-state index in [1.165, 1.54) is 44.9 Å². The summed E-state index contributed by atoms with van der Waals surface area (Å²) >= 11 is 0. The molecule has 3 saturated carbocycles. The van der Waals surface area contributed by atoms with E-state index in [2.05, 4.69) is 44.7 Å². The van der Waals surface area contributed by atoms with E-state index in [0.29, 0.717) is 16.9 Å². The van der Waals surface area contributed by atoms with Crippen molar-refractivity contribution in [2.24, 2.45) is 33.7 Å². The molecule has 0 spiro atoms. The molecule has 152 valence electrons. The Labute approximate surface area is 167 Å².